The van der Waals surface area contributed by atoms with Crippen LogP contribution in [0.4, 0.5) is 5.69 Å². The van der Waals surface area contributed by atoms with Crippen molar-refractivity contribution in [1.29, 1.82) is 0 Å². The van der Waals surface area contributed by atoms with Gasteiger partial charge in [0.2, 0.25) is 0 Å². The molecule has 0 saturated carbocycles. The number of ether oxygens (including phenoxy) is 2. The van der Waals surface area contributed by atoms with Crippen LogP contribution < -0.4 is 19.6 Å². The Hall–Kier alpha value is -3.96. The Morgan fingerprint density at radius 1 is 1.29 bits per heavy atom. The van der Waals surface area contributed by atoms with Crippen LogP contribution in [0.15, 0.2) is 57.5 Å². The van der Waals surface area contributed by atoms with E-state index < -0.39 is 22.5 Å². The van der Waals surface area contributed by atoms with E-state index in [1.54, 1.807) is 25.1 Å². The van der Waals surface area contributed by atoms with Gasteiger partial charge in [0.25, 0.3) is 11.2 Å². The lowest BCUT2D eigenvalue weighted by Gasteiger charge is -2.25. The number of nitro benzene ring substituents is 1. The van der Waals surface area contributed by atoms with E-state index >= 15 is 0 Å². The smallest absolute Gasteiger partial charge is 0.338 e. The summed E-state index contributed by atoms with van der Waals surface area (Å²) >= 11 is 7.25. The number of halogens is 1. The molecule has 10 nitrogen and oxygen atoms in total. The summed E-state index contributed by atoms with van der Waals surface area (Å²) in [6, 6.07) is 7.37. The highest BCUT2D eigenvalue weighted by molar-refractivity contribution is 7.07. The van der Waals surface area contributed by atoms with Crippen molar-refractivity contribution in [1.82, 2.24) is 4.57 Å². The largest absolute Gasteiger partial charge is 0.507 e. The Kier molecular flexibility index (Phi) is 6.46. The molecule has 12 heteroatoms. The second kappa shape index (κ2) is 9.35. The Morgan fingerprint density at radius 3 is 2.69 bits per heavy atom. The zero-order valence-electron chi connectivity index (χ0n) is 18.6. The van der Waals surface area contributed by atoms with Gasteiger partial charge in [-0.05, 0) is 37.3 Å². The fraction of sp³-hybridized carbons (Fsp3) is 0.174. The molecular weight excluding hydrogens is 498 g/mol. The highest BCUT2D eigenvalue weighted by Crippen LogP contribution is 2.37. The number of phenolic OH excluding ortho intramolecular Hbond substituents is 1. The lowest BCUT2D eigenvalue weighted by atomic mass is 9.95. The lowest BCUT2D eigenvalue weighted by Crippen LogP contribution is -2.40. The van der Waals surface area contributed by atoms with Crippen molar-refractivity contribution in [2.45, 2.75) is 13.0 Å². The van der Waals surface area contributed by atoms with E-state index in [1.165, 1.54) is 30.9 Å². The molecule has 0 fully saturated rings. The number of allylic oxidation sites excluding steroid dienone is 1. The molecule has 0 bridgehead atoms. The maximum absolute atomic E-state index is 13.6. The number of phenols is 1. The number of thiazole rings is 1. The second-order valence-electron chi connectivity index (χ2n) is 7.46. The predicted octanol–water partition coefficient (Wildman–Crippen LogP) is 2.68. The topological polar surface area (TPSA) is 133 Å². The van der Waals surface area contributed by atoms with Crippen molar-refractivity contribution in [2.24, 2.45) is 4.99 Å². The van der Waals surface area contributed by atoms with Gasteiger partial charge >= 0.3 is 5.97 Å². The molecule has 0 amide bonds. The van der Waals surface area contributed by atoms with Crippen LogP contribution in [0, 0.1) is 10.1 Å². The number of methoxy groups -OCH3 is 2. The van der Waals surface area contributed by atoms with Gasteiger partial charge in [0.1, 0.15) is 17.5 Å². The molecule has 1 aromatic heterocycles. The van der Waals surface area contributed by atoms with E-state index in [2.05, 4.69) is 4.99 Å². The minimum absolute atomic E-state index is 0.0882. The number of carbonyl (C=O) groups excluding carboxylic acids is 1. The molecular formula is C23H18ClN3O7S. The first-order chi connectivity index (χ1) is 16.7. The van der Waals surface area contributed by atoms with Crippen LogP contribution in [-0.2, 0) is 9.53 Å². The number of fused-ring (bicyclic) bond motifs is 1. The maximum Gasteiger partial charge on any atom is 0.338 e. The summed E-state index contributed by atoms with van der Waals surface area (Å²) in [5, 5.41) is 21.7. The SMILES string of the molecule is COC(=O)C1=C(C)N=c2s/c(=C\c3cc([N+](=O)[O-])ccc3O)c(=O)n2[C@@H]1c1cc(Cl)ccc1OC. The maximum atomic E-state index is 13.6. The number of hydrogen-bond acceptors (Lipinski definition) is 9. The molecule has 2 heterocycles. The van der Waals surface area contributed by atoms with E-state index in [-0.39, 0.29) is 31.9 Å². The van der Waals surface area contributed by atoms with E-state index in [0.717, 1.165) is 23.5 Å². The quantitative estimate of drug-likeness (QED) is 0.313. The van der Waals surface area contributed by atoms with E-state index in [9.17, 15) is 24.8 Å². The highest BCUT2D eigenvalue weighted by Gasteiger charge is 2.35. The van der Waals surface area contributed by atoms with Gasteiger partial charge in [-0.2, -0.15) is 0 Å². The van der Waals surface area contributed by atoms with Crippen LogP contribution in [0.1, 0.15) is 24.1 Å². The first-order valence-electron chi connectivity index (χ1n) is 10.1. The first kappa shape index (κ1) is 24.2. The van der Waals surface area contributed by atoms with Crippen LogP contribution in [0.5, 0.6) is 11.5 Å². The number of aromatic nitrogens is 1. The third kappa shape index (κ3) is 4.31. The number of carbonyl (C=O) groups is 1. The lowest BCUT2D eigenvalue weighted by molar-refractivity contribution is -0.384. The third-order valence-corrected chi connectivity index (χ3v) is 6.64. The zero-order chi connectivity index (χ0) is 25.4. The molecule has 1 atom stereocenters. The number of nitro groups is 1. The average Bonchev–Trinajstić information content (AvgIpc) is 3.13. The number of aromatic hydroxyl groups is 1. The summed E-state index contributed by atoms with van der Waals surface area (Å²) in [4.78, 5) is 41.6. The van der Waals surface area contributed by atoms with E-state index in [4.69, 9.17) is 21.1 Å². The van der Waals surface area contributed by atoms with Gasteiger partial charge in [0.15, 0.2) is 4.80 Å². The van der Waals surface area contributed by atoms with Crippen LogP contribution in [0.25, 0.3) is 6.08 Å². The standard InChI is InChI=1S/C23H18ClN3O7S/c1-11-19(22(30)34-3)20(15-10-13(24)4-7-17(15)33-2)26-21(29)18(35-23(26)25-11)9-12-8-14(27(31)32)5-6-16(12)28/h4-10,20,28H,1-3H3/b18-9-/t20-/m1/s1. The number of esters is 1. The van der Waals surface area contributed by atoms with E-state index in [1.807, 2.05) is 0 Å². The van der Waals surface area contributed by atoms with Gasteiger partial charge < -0.3 is 14.6 Å². The fourth-order valence-corrected chi connectivity index (χ4v) is 5.04. The van der Waals surface area contributed by atoms with Crippen molar-refractivity contribution in [3.63, 3.8) is 0 Å². The minimum atomic E-state index is -0.965. The van der Waals surface area contributed by atoms with Crippen molar-refractivity contribution < 1.29 is 24.3 Å². The van der Waals surface area contributed by atoms with E-state index in [0.29, 0.717) is 22.0 Å². The molecule has 180 valence electrons. The summed E-state index contributed by atoms with van der Waals surface area (Å²) < 4.78 is 11.9. The molecule has 3 aromatic rings. The van der Waals surface area contributed by atoms with Crippen LogP contribution in [0.3, 0.4) is 0 Å². The second-order valence-corrected chi connectivity index (χ2v) is 8.91. The van der Waals surface area contributed by atoms with Crippen molar-refractivity contribution in [3.05, 3.63) is 93.6 Å². The Labute approximate surface area is 206 Å². The molecule has 1 aliphatic rings. The molecule has 4 rings (SSSR count). The first-order valence-corrected chi connectivity index (χ1v) is 11.3. The monoisotopic (exact) mass is 515 g/mol. The molecule has 0 radical (unpaired) electrons. The fourth-order valence-electron chi connectivity index (χ4n) is 3.82. The Balaban J connectivity index is 2.03. The summed E-state index contributed by atoms with van der Waals surface area (Å²) in [6.45, 7) is 1.62. The summed E-state index contributed by atoms with van der Waals surface area (Å²) in [6.07, 6.45) is 1.34. The molecule has 0 saturated heterocycles. The Morgan fingerprint density at radius 2 is 2.03 bits per heavy atom. The average molecular weight is 516 g/mol. The van der Waals surface area contributed by atoms with Gasteiger partial charge in [-0.3, -0.25) is 19.5 Å². The van der Waals surface area contributed by atoms with Gasteiger partial charge in [0.05, 0.1) is 34.9 Å². The molecule has 2 aromatic carbocycles. The molecule has 0 unspecified atom stereocenters. The summed E-state index contributed by atoms with van der Waals surface area (Å²) in [5.41, 5.74) is 0.235. The van der Waals surface area contributed by atoms with Crippen LogP contribution in [0.2, 0.25) is 5.02 Å². The van der Waals surface area contributed by atoms with Crippen molar-refractivity contribution >= 4 is 40.7 Å². The summed E-state index contributed by atoms with van der Waals surface area (Å²) in [7, 11) is 2.68. The van der Waals surface area contributed by atoms with Crippen LogP contribution in [-0.4, -0.2) is 34.8 Å². The van der Waals surface area contributed by atoms with Gasteiger partial charge in [0, 0.05) is 28.3 Å². The van der Waals surface area contributed by atoms with Crippen LogP contribution >= 0.6 is 22.9 Å². The normalized spacial score (nSPS) is 15.4. The number of nitrogens with zero attached hydrogens (tertiary/aromatic N) is 3. The van der Waals surface area contributed by atoms with Gasteiger partial charge in [-0.1, -0.05) is 22.9 Å². The third-order valence-electron chi connectivity index (χ3n) is 5.42. The molecule has 1 aliphatic heterocycles. The Bertz CT molecular complexity index is 1590. The zero-order valence-corrected chi connectivity index (χ0v) is 20.2. The number of hydrogen-bond donors (Lipinski definition) is 1. The van der Waals surface area contributed by atoms with Crippen molar-refractivity contribution in [2.75, 3.05) is 14.2 Å². The van der Waals surface area contributed by atoms with Gasteiger partial charge in [-0.15, -0.1) is 0 Å². The predicted molar refractivity (Wildman–Crippen MR) is 129 cm³/mol. The minimum Gasteiger partial charge on any atom is -0.507 e. The molecule has 1 N–H and O–H groups in total. The molecule has 0 spiro atoms. The number of benzene rings is 2. The molecule has 0 aliphatic carbocycles. The highest BCUT2D eigenvalue weighted by atomic mass is 35.5. The van der Waals surface area contributed by atoms with Gasteiger partial charge in [-0.25, -0.2) is 9.79 Å². The number of non-ortho nitro benzene ring substituents is 1. The molecule has 35 heavy (non-hydrogen) atoms. The summed E-state index contributed by atoms with van der Waals surface area (Å²) in [5.74, 6) is -0.522. The van der Waals surface area contributed by atoms with Crippen molar-refractivity contribution in [3.8, 4) is 11.5 Å². The number of rotatable bonds is 5.